The van der Waals surface area contributed by atoms with Crippen molar-refractivity contribution in [3.8, 4) is 0 Å². The number of rotatable bonds is 6. The molecule has 0 aliphatic rings. The lowest BCUT2D eigenvalue weighted by Crippen LogP contribution is -2.27. The van der Waals surface area contributed by atoms with Gasteiger partial charge in [-0.3, -0.25) is 4.79 Å². The van der Waals surface area contributed by atoms with Crippen LogP contribution in [0.3, 0.4) is 0 Å². The van der Waals surface area contributed by atoms with Crippen molar-refractivity contribution in [2.45, 2.75) is 44.5 Å². The van der Waals surface area contributed by atoms with Crippen LogP contribution < -0.4 is 0 Å². The van der Waals surface area contributed by atoms with Crippen molar-refractivity contribution in [1.29, 1.82) is 0 Å². The molecule has 4 heteroatoms. The fourth-order valence-corrected chi connectivity index (χ4v) is 1.06. The number of hydrogen-bond donors (Lipinski definition) is 1. The van der Waals surface area contributed by atoms with Gasteiger partial charge in [0.15, 0.2) is 0 Å². The van der Waals surface area contributed by atoms with Crippen LogP contribution in [0.2, 0.25) is 0 Å². The maximum atomic E-state index is 10.7. The van der Waals surface area contributed by atoms with Crippen LogP contribution in [0.1, 0.15) is 33.6 Å². The van der Waals surface area contributed by atoms with Gasteiger partial charge in [-0.2, -0.15) is 12.6 Å². The van der Waals surface area contributed by atoms with Gasteiger partial charge < -0.3 is 4.74 Å². The minimum Gasteiger partial charge on any atom is -0.374 e. The molecule has 0 fully saturated rings. The Labute approximate surface area is 88.4 Å². The van der Waals surface area contributed by atoms with Gasteiger partial charge in [-0.05, 0) is 20.3 Å². The fraction of sp³-hybridized carbons (Fsp3) is 0.889. The lowest BCUT2D eigenvalue weighted by Gasteiger charge is -2.25. The molecule has 2 unspecified atom stereocenters. The average molecular weight is 222 g/mol. The first-order chi connectivity index (χ1) is 5.83. The van der Waals surface area contributed by atoms with Crippen molar-refractivity contribution >= 4 is 27.4 Å². The van der Waals surface area contributed by atoms with Gasteiger partial charge in [0.2, 0.25) is 0 Å². The highest BCUT2D eigenvalue weighted by Crippen LogP contribution is 2.18. The molecule has 0 saturated carbocycles. The molecule has 0 aromatic heterocycles. The van der Waals surface area contributed by atoms with Crippen molar-refractivity contribution < 1.29 is 9.53 Å². The standard InChI is InChI=1S/C9H19O2PS/c1-7(13)6-11-9(2,3)5-4-8(10)12/h7,13H,4-6,12H2,1-3H3. The van der Waals surface area contributed by atoms with E-state index in [-0.39, 0.29) is 16.4 Å². The summed E-state index contributed by atoms with van der Waals surface area (Å²) < 4.78 is 5.60. The SMILES string of the molecule is CC(S)COC(C)(C)CCC(=O)P. The van der Waals surface area contributed by atoms with E-state index in [1.807, 2.05) is 20.8 Å². The van der Waals surface area contributed by atoms with Crippen molar-refractivity contribution in [2.75, 3.05) is 6.61 Å². The Bertz CT molecular complexity index is 169. The van der Waals surface area contributed by atoms with E-state index in [1.165, 1.54) is 0 Å². The molecule has 0 rings (SSSR count). The Hall–Kier alpha value is 0.410. The van der Waals surface area contributed by atoms with E-state index in [0.717, 1.165) is 6.42 Å². The predicted molar refractivity (Wildman–Crippen MR) is 62.4 cm³/mol. The summed E-state index contributed by atoms with van der Waals surface area (Å²) in [6.07, 6.45) is 1.31. The van der Waals surface area contributed by atoms with Crippen LogP contribution in [0.25, 0.3) is 0 Å². The summed E-state index contributed by atoms with van der Waals surface area (Å²) in [6.45, 7) is 6.61. The van der Waals surface area contributed by atoms with Crippen molar-refractivity contribution in [3.05, 3.63) is 0 Å². The van der Waals surface area contributed by atoms with E-state index in [4.69, 9.17) is 4.74 Å². The van der Waals surface area contributed by atoms with Gasteiger partial charge in [-0.25, -0.2) is 0 Å². The molecule has 0 spiro atoms. The zero-order chi connectivity index (χ0) is 10.5. The number of carbonyl (C=O) groups is 1. The van der Waals surface area contributed by atoms with Crippen molar-refractivity contribution in [2.24, 2.45) is 0 Å². The van der Waals surface area contributed by atoms with Crippen molar-refractivity contribution in [1.82, 2.24) is 0 Å². The van der Waals surface area contributed by atoms with Crippen LogP contribution in [0.4, 0.5) is 0 Å². The highest BCUT2D eigenvalue weighted by molar-refractivity contribution is 7.80. The molecular weight excluding hydrogens is 203 g/mol. The molecule has 0 aromatic rings. The molecule has 2 atom stereocenters. The van der Waals surface area contributed by atoms with E-state index in [2.05, 4.69) is 21.9 Å². The molecule has 0 radical (unpaired) electrons. The summed E-state index contributed by atoms with van der Waals surface area (Å²) >= 11 is 4.22. The molecule has 2 nitrogen and oxygen atoms in total. The first-order valence-corrected chi connectivity index (χ1v) is 5.53. The van der Waals surface area contributed by atoms with Gasteiger partial charge in [0.1, 0.15) is 5.52 Å². The lowest BCUT2D eigenvalue weighted by molar-refractivity contribution is -0.112. The number of hydrogen-bond acceptors (Lipinski definition) is 3. The second-order valence-electron chi connectivity index (χ2n) is 3.89. The van der Waals surface area contributed by atoms with Crippen molar-refractivity contribution in [3.63, 3.8) is 0 Å². The average Bonchev–Trinajstić information content (AvgIpc) is 1.98. The summed E-state index contributed by atoms with van der Waals surface area (Å²) in [7, 11) is 2.18. The van der Waals surface area contributed by atoms with E-state index in [1.54, 1.807) is 0 Å². The third-order valence-electron chi connectivity index (χ3n) is 1.69. The normalized spacial score (nSPS) is 14.2. The molecule has 0 amide bonds. The zero-order valence-electron chi connectivity index (χ0n) is 8.54. The van der Waals surface area contributed by atoms with Crippen LogP contribution in [-0.4, -0.2) is 23.0 Å². The smallest absolute Gasteiger partial charge is 0.148 e. The molecule has 0 aliphatic heterocycles. The maximum absolute atomic E-state index is 10.7. The largest absolute Gasteiger partial charge is 0.374 e. The van der Waals surface area contributed by atoms with E-state index in [9.17, 15) is 4.79 Å². The van der Waals surface area contributed by atoms with E-state index >= 15 is 0 Å². The van der Waals surface area contributed by atoms with Crippen LogP contribution in [0.5, 0.6) is 0 Å². The quantitative estimate of drug-likeness (QED) is 0.551. The Morgan fingerprint density at radius 1 is 1.62 bits per heavy atom. The third kappa shape index (κ3) is 8.73. The maximum Gasteiger partial charge on any atom is 0.148 e. The first-order valence-electron chi connectivity index (χ1n) is 4.44. The molecule has 0 bridgehead atoms. The molecule has 78 valence electrons. The van der Waals surface area contributed by atoms with Gasteiger partial charge in [0.25, 0.3) is 0 Å². The lowest BCUT2D eigenvalue weighted by atomic mass is 10.0. The number of carbonyl (C=O) groups excluding carboxylic acids is 1. The number of ether oxygens (including phenoxy) is 1. The summed E-state index contributed by atoms with van der Waals surface area (Å²) in [6, 6.07) is 0. The summed E-state index contributed by atoms with van der Waals surface area (Å²) in [5.74, 6) is 0. The van der Waals surface area contributed by atoms with Gasteiger partial charge >= 0.3 is 0 Å². The van der Waals surface area contributed by atoms with Gasteiger partial charge in [0, 0.05) is 11.7 Å². The van der Waals surface area contributed by atoms with Crippen LogP contribution >= 0.6 is 21.9 Å². The zero-order valence-corrected chi connectivity index (χ0v) is 10.6. The van der Waals surface area contributed by atoms with Crippen LogP contribution in [0.15, 0.2) is 0 Å². The summed E-state index contributed by atoms with van der Waals surface area (Å²) in [5.41, 5.74) is -0.0842. The highest BCUT2D eigenvalue weighted by atomic mass is 32.1. The topological polar surface area (TPSA) is 26.3 Å². The second kappa shape index (κ2) is 6.00. The molecule has 0 aliphatic carbocycles. The first kappa shape index (κ1) is 13.4. The van der Waals surface area contributed by atoms with Gasteiger partial charge in [0.05, 0.1) is 12.2 Å². The fourth-order valence-electron chi connectivity index (χ4n) is 0.843. The summed E-state index contributed by atoms with van der Waals surface area (Å²) in [5, 5.41) is 0.242. The molecular formula is C9H19O2PS. The Kier molecular flexibility index (Phi) is 6.19. The number of thiol groups is 1. The monoisotopic (exact) mass is 222 g/mol. The summed E-state index contributed by atoms with van der Waals surface area (Å²) in [4.78, 5) is 10.7. The van der Waals surface area contributed by atoms with E-state index < -0.39 is 0 Å². The third-order valence-corrected chi connectivity index (χ3v) is 2.13. The Morgan fingerprint density at radius 3 is 2.54 bits per heavy atom. The second-order valence-corrected chi connectivity index (χ2v) is 5.41. The molecule has 0 N–H and O–H groups in total. The Balaban J connectivity index is 3.72. The van der Waals surface area contributed by atoms with Gasteiger partial charge in [-0.15, -0.1) is 0 Å². The highest BCUT2D eigenvalue weighted by Gasteiger charge is 2.19. The molecule has 13 heavy (non-hydrogen) atoms. The van der Waals surface area contributed by atoms with E-state index in [0.29, 0.717) is 13.0 Å². The minimum atomic E-state index is -0.219. The molecule has 0 aromatic carbocycles. The minimum absolute atomic E-state index is 0.135. The van der Waals surface area contributed by atoms with Gasteiger partial charge in [-0.1, -0.05) is 16.2 Å². The van der Waals surface area contributed by atoms with Crippen LogP contribution in [0, 0.1) is 0 Å². The Morgan fingerprint density at radius 2 is 2.15 bits per heavy atom. The predicted octanol–water partition coefficient (Wildman–Crippen LogP) is 2.28. The molecule has 0 saturated heterocycles. The van der Waals surface area contributed by atoms with Crippen LogP contribution in [-0.2, 0) is 9.53 Å². The molecule has 0 heterocycles.